The van der Waals surface area contributed by atoms with Crippen LogP contribution in [0.1, 0.15) is 44.4 Å². The van der Waals surface area contributed by atoms with E-state index in [1.54, 1.807) is 0 Å². The predicted molar refractivity (Wildman–Crippen MR) is 74.4 cm³/mol. The van der Waals surface area contributed by atoms with Crippen LogP contribution in [0.4, 0.5) is 0 Å². The molecule has 0 radical (unpaired) electrons. The van der Waals surface area contributed by atoms with Gasteiger partial charge in [-0.15, -0.1) is 0 Å². The van der Waals surface area contributed by atoms with E-state index in [2.05, 4.69) is 30.1 Å². The highest BCUT2D eigenvalue weighted by Crippen LogP contribution is 2.29. The van der Waals surface area contributed by atoms with E-state index in [0.29, 0.717) is 0 Å². The fraction of sp³-hybridized carbons (Fsp3) is 0.733. The van der Waals surface area contributed by atoms with Gasteiger partial charge in [0.15, 0.2) is 0 Å². The lowest BCUT2D eigenvalue weighted by atomic mass is 10.1. The molecule has 1 fully saturated rings. The van der Waals surface area contributed by atoms with Crippen molar-refractivity contribution in [1.29, 1.82) is 0 Å². The molecular weight excluding hydrogens is 224 g/mol. The van der Waals surface area contributed by atoms with Crippen molar-refractivity contribution in [3.8, 4) is 0 Å². The van der Waals surface area contributed by atoms with Crippen LogP contribution in [-0.2, 0) is 13.1 Å². The summed E-state index contributed by atoms with van der Waals surface area (Å²) in [6, 6.07) is 2.99. The molecule has 1 aliphatic carbocycles. The Morgan fingerprint density at radius 3 is 2.83 bits per heavy atom. The summed E-state index contributed by atoms with van der Waals surface area (Å²) in [6.45, 7) is 7.65. The first-order chi connectivity index (χ1) is 8.69. The zero-order chi connectivity index (χ0) is 13.0. The van der Waals surface area contributed by atoms with Crippen molar-refractivity contribution in [2.75, 3.05) is 13.6 Å². The molecule has 3 nitrogen and oxygen atoms in total. The van der Waals surface area contributed by atoms with Crippen molar-refractivity contribution in [1.82, 2.24) is 10.2 Å². The average Bonchev–Trinajstić information content (AvgIpc) is 3.07. The van der Waals surface area contributed by atoms with Gasteiger partial charge in [-0.3, -0.25) is 4.90 Å². The lowest BCUT2D eigenvalue weighted by Crippen LogP contribution is -2.27. The number of hydrogen-bond donors (Lipinski definition) is 1. The number of nitrogens with one attached hydrogen (secondary N) is 1. The van der Waals surface area contributed by atoms with Crippen molar-refractivity contribution in [3.63, 3.8) is 0 Å². The lowest BCUT2D eigenvalue weighted by molar-refractivity contribution is 0.221. The minimum Gasteiger partial charge on any atom is -0.468 e. The smallest absolute Gasteiger partial charge is 0.118 e. The van der Waals surface area contributed by atoms with Gasteiger partial charge in [0.25, 0.3) is 0 Å². The molecule has 0 atom stereocenters. The topological polar surface area (TPSA) is 28.4 Å². The van der Waals surface area contributed by atoms with Gasteiger partial charge in [0, 0.05) is 18.2 Å². The molecule has 102 valence electrons. The Bertz CT molecular complexity index is 355. The van der Waals surface area contributed by atoms with Crippen molar-refractivity contribution >= 4 is 0 Å². The number of hydrogen-bond acceptors (Lipinski definition) is 3. The Hall–Kier alpha value is -0.800. The molecule has 1 aromatic rings. The van der Waals surface area contributed by atoms with E-state index in [1.807, 2.05) is 13.3 Å². The van der Waals surface area contributed by atoms with Crippen LogP contribution < -0.4 is 5.32 Å². The third-order valence-electron chi connectivity index (χ3n) is 3.50. The normalized spacial score (nSPS) is 15.8. The van der Waals surface area contributed by atoms with E-state index in [1.165, 1.54) is 31.4 Å². The van der Waals surface area contributed by atoms with E-state index in [9.17, 15) is 0 Å². The standard InChI is InChI=1S/C15H26N2O/c1-12(2)6-7-17(14-4-5-14)10-15-8-13(9-16-3)11-18-15/h8,11-12,14,16H,4-7,9-10H2,1-3H3. The van der Waals surface area contributed by atoms with Gasteiger partial charge in [-0.2, -0.15) is 0 Å². The molecule has 0 spiro atoms. The maximum Gasteiger partial charge on any atom is 0.118 e. The molecule has 1 N–H and O–H groups in total. The van der Waals surface area contributed by atoms with Crippen LogP contribution in [-0.4, -0.2) is 24.5 Å². The molecule has 1 heterocycles. The molecule has 18 heavy (non-hydrogen) atoms. The predicted octanol–water partition coefficient (Wildman–Crippen LogP) is 3.01. The monoisotopic (exact) mass is 250 g/mol. The van der Waals surface area contributed by atoms with Crippen LogP contribution in [0, 0.1) is 5.92 Å². The molecule has 0 amide bonds. The summed E-state index contributed by atoms with van der Waals surface area (Å²) in [5.74, 6) is 1.89. The molecule has 1 aromatic heterocycles. The van der Waals surface area contributed by atoms with Crippen molar-refractivity contribution in [3.05, 3.63) is 23.7 Å². The molecule has 2 rings (SSSR count). The molecule has 1 aliphatic rings. The van der Waals surface area contributed by atoms with Crippen LogP contribution in [0.2, 0.25) is 0 Å². The molecule has 0 bridgehead atoms. The highest BCUT2D eigenvalue weighted by atomic mass is 16.3. The average molecular weight is 250 g/mol. The minimum atomic E-state index is 0.780. The van der Waals surface area contributed by atoms with Crippen LogP contribution in [0.25, 0.3) is 0 Å². The maximum atomic E-state index is 5.65. The molecule has 0 aromatic carbocycles. The van der Waals surface area contributed by atoms with Gasteiger partial charge < -0.3 is 9.73 Å². The van der Waals surface area contributed by atoms with Crippen molar-refractivity contribution in [2.45, 2.75) is 52.2 Å². The van der Waals surface area contributed by atoms with Crippen LogP contribution in [0.5, 0.6) is 0 Å². The SMILES string of the molecule is CNCc1coc(CN(CCC(C)C)C2CC2)c1. The van der Waals surface area contributed by atoms with Crippen LogP contribution in [0.3, 0.4) is 0 Å². The molecule has 3 heteroatoms. The van der Waals surface area contributed by atoms with Gasteiger partial charge in [-0.25, -0.2) is 0 Å². The Labute approximate surface area is 111 Å². The van der Waals surface area contributed by atoms with Crippen LogP contribution in [0.15, 0.2) is 16.7 Å². The zero-order valence-electron chi connectivity index (χ0n) is 11.9. The van der Waals surface area contributed by atoms with Crippen LogP contribution >= 0.6 is 0 Å². The molecule has 0 aliphatic heterocycles. The number of nitrogens with zero attached hydrogens (tertiary/aromatic N) is 1. The Morgan fingerprint density at radius 2 is 2.22 bits per heavy atom. The zero-order valence-corrected chi connectivity index (χ0v) is 11.9. The highest BCUT2D eigenvalue weighted by Gasteiger charge is 2.29. The lowest BCUT2D eigenvalue weighted by Gasteiger charge is -2.21. The fourth-order valence-electron chi connectivity index (χ4n) is 2.26. The summed E-state index contributed by atoms with van der Waals surface area (Å²) in [5.41, 5.74) is 1.24. The summed E-state index contributed by atoms with van der Waals surface area (Å²) < 4.78 is 5.65. The molecular formula is C15H26N2O. The van der Waals surface area contributed by atoms with Gasteiger partial charge in [0.05, 0.1) is 12.8 Å². The summed E-state index contributed by atoms with van der Waals surface area (Å²) >= 11 is 0. The van der Waals surface area contributed by atoms with Crippen molar-refractivity contribution < 1.29 is 4.42 Å². The van der Waals surface area contributed by atoms with Gasteiger partial charge in [0.2, 0.25) is 0 Å². The van der Waals surface area contributed by atoms with E-state index < -0.39 is 0 Å². The number of rotatable bonds is 8. The first-order valence-corrected chi connectivity index (χ1v) is 7.14. The largest absolute Gasteiger partial charge is 0.468 e. The number of furan rings is 1. The first-order valence-electron chi connectivity index (χ1n) is 7.14. The third-order valence-corrected chi connectivity index (χ3v) is 3.50. The van der Waals surface area contributed by atoms with Gasteiger partial charge in [-0.1, -0.05) is 13.8 Å². The van der Waals surface area contributed by atoms with Crippen molar-refractivity contribution in [2.24, 2.45) is 5.92 Å². The molecule has 0 saturated heterocycles. The van der Waals surface area contributed by atoms with Gasteiger partial charge in [-0.05, 0) is 44.8 Å². The van der Waals surface area contributed by atoms with E-state index in [-0.39, 0.29) is 0 Å². The maximum absolute atomic E-state index is 5.65. The molecule has 0 unspecified atom stereocenters. The van der Waals surface area contributed by atoms with E-state index in [4.69, 9.17) is 4.42 Å². The first kappa shape index (κ1) is 13.6. The highest BCUT2D eigenvalue weighted by molar-refractivity contribution is 5.12. The fourth-order valence-corrected chi connectivity index (χ4v) is 2.26. The third kappa shape index (κ3) is 4.14. The Morgan fingerprint density at radius 1 is 1.44 bits per heavy atom. The summed E-state index contributed by atoms with van der Waals surface area (Å²) in [5, 5.41) is 3.15. The second-order valence-corrected chi connectivity index (χ2v) is 5.84. The Balaban J connectivity index is 1.86. The summed E-state index contributed by atoms with van der Waals surface area (Å²) in [4.78, 5) is 2.59. The van der Waals surface area contributed by atoms with Gasteiger partial charge >= 0.3 is 0 Å². The Kier molecular flexibility index (Phi) is 4.84. The second-order valence-electron chi connectivity index (χ2n) is 5.84. The summed E-state index contributed by atoms with van der Waals surface area (Å²) in [7, 11) is 1.96. The van der Waals surface area contributed by atoms with Gasteiger partial charge in [0.1, 0.15) is 5.76 Å². The molecule has 1 saturated carbocycles. The minimum absolute atomic E-state index is 0.780. The van der Waals surface area contributed by atoms with E-state index >= 15 is 0 Å². The summed E-state index contributed by atoms with van der Waals surface area (Å²) in [6.07, 6.45) is 5.88. The van der Waals surface area contributed by atoms with E-state index in [0.717, 1.165) is 30.8 Å². The quantitative estimate of drug-likeness (QED) is 0.769. The second kappa shape index (κ2) is 6.39.